The van der Waals surface area contributed by atoms with Crippen LogP contribution in [0, 0.1) is 6.92 Å². The fraction of sp³-hybridized carbons (Fsp3) is 0.600. The molecule has 82 valence electrons. The summed E-state index contributed by atoms with van der Waals surface area (Å²) in [4.78, 5) is 13.2. The van der Waals surface area contributed by atoms with Gasteiger partial charge in [0, 0.05) is 13.6 Å². The van der Waals surface area contributed by atoms with Crippen LogP contribution in [0.1, 0.15) is 17.0 Å². The lowest BCUT2D eigenvalue weighted by atomic mass is 10.1. The molecule has 0 radical (unpaired) electrons. The number of fused-ring (bicyclic) bond motifs is 1. The molecule has 0 N–H and O–H groups in total. The summed E-state index contributed by atoms with van der Waals surface area (Å²) in [5.74, 6) is 0.0628. The van der Waals surface area contributed by atoms with Gasteiger partial charge in [-0.1, -0.05) is 0 Å². The van der Waals surface area contributed by atoms with E-state index in [1.54, 1.807) is 4.90 Å². The van der Waals surface area contributed by atoms with Crippen molar-refractivity contribution in [2.75, 3.05) is 12.4 Å². The predicted octanol–water partition coefficient (Wildman–Crippen LogP) is 0.852. The third-order valence-corrected chi connectivity index (χ3v) is 3.14. The van der Waals surface area contributed by atoms with E-state index in [0.29, 0.717) is 6.54 Å². The standard InChI is InChI=1S/C10H14ClN3O/c1-7-8-3-4-14(10(15)5-11)6-9(8)13(2)12-7/h3-6H2,1-2H3. The Balaban J connectivity index is 2.26. The topological polar surface area (TPSA) is 38.1 Å². The molecular formula is C10H14ClN3O. The maximum absolute atomic E-state index is 11.5. The van der Waals surface area contributed by atoms with Crippen LogP contribution >= 0.6 is 11.6 Å². The van der Waals surface area contributed by atoms with Gasteiger partial charge in [-0.05, 0) is 18.9 Å². The molecule has 0 saturated carbocycles. The first-order chi connectivity index (χ1) is 7.13. The molecular weight excluding hydrogens is 214 g/mol. The summed E-state index contributed by atoms with van der Waals surface area (Å²) in [6.45, 7) is 3.40. The van der Waals surface area contributed by atoms with Crippen LogP contribution in [0.15, 0.2) is 0 Å². The zero-order valence-electron chi connectivity index (χ0n) is 8.96. The molecule has 2 rings (SSSR count). The molecule has 0 atom stereocenters. The first kappa shape index (κ1) is 10.5. The first-order valence-corrected chi connectivity index (χ1v) is 5.52. The van der Waals surface area contributed by atoms with Crippen LogP contribution in [0.4, 0.5) is 0 Å². The largest absolute Gasteiger partial charge is 0.335 e. The molecule has 0 fully saturated rings. The summed E-state index contributed by atoms with van der Waals surface area (Å²) in [7, 11) is 1.92. The van der Waals surface area contributed by atoms with E-state index in [1.165, 1.54) is 5.56 Å². The summed E-state index contributed by atoms with van der Waals surface area (Å²) in [6, 6.07) is 0. The number of nitrogens with zero attached hydrogens (tertiary/aromatic N) is 3. The molecule has 5 heteroatoms. The van der Waals surface area contributed by atoms with Crippen molar-refractivity contribution in [2.24, 2.45) is 7.05 Å². The van der Waals surface area contributed by atoms with Crippen LogP contribution in [0.25, 0.3) is 0 Å². The molecule has 1 amide bonds. The summed E-state index contributed by atoms with van der Waals surface area (Å²) in [5, 5.41) is 4.36. The Bertz CT molecular complexity index is 400. The number of rotatable bonds is 1. The maximum Gasteiger partial charge on any atom is 0.237 e. The molecule has 0 unspecified atom stereocenters. The van der Waals surface area contributed by atoms with E-state index in [9.17, 15) is 4.79 Å². The first-order valence-electron chi connectivity index (χ1n) is 4.98. The zero-order chi connectivity index (χ0) is 11.0. The lowest BCUT2D eigenvalue weighted by Gasteiger charge is -2.26. The van der Waals surface area contributed by atoms with Crippen LogP contribution in [-0.2, 0) is 24.8 Å². The number of aryl methyl sites for hydroxylation is 2. The van der Waals surface area contributed by atoms with Crippen molar-refractivity contribution >= 4 is 17.5 Å². The molecule has 4 nitrogen and oxygen atoms in total. The second-order valence-corrected chi connectivity index (χ2v) is 4.10. The minimum atomic E-state index is 0.00108. The van der Waals surface area contributed by atoms with Gasteiger partial charge in [0.05, 0.1) is 17.9 Å². The lowest BCUT2D eigenvalue weighted by Crippen LogP contribution is -2.37. The van der Waals surface area contributed by atoms with Crippen LogP contribution in [0.5, 0.6) is 0 Å². The summed E-state index contributed by atoms with van der Waals surface area (Å²) in [5.41, 5.74) is 3.50. The van der Waals surface area contributed by atoms with Crippen molar-refractivity contribution in [1.29, 1.82) is 0 Å². The second kappa shape index (κ2) is 3.85. The van der Waals surface area contributed by atoms with E-state index in [-0.39, 0.29) is 11.8 Å². The number of carbonyl (C=O) groups excluding carboxylic acids is 1. The average molecular weight is 228 g/mol. The van der Waals surface area contributed by atoms with E-state index in [1.807, 2.05) is 18.7 Å². The lowest BCUT2D eigenvalue weighted by molar-refractivity contribution is -0.129. The highest BCUT2D eigenvalue weighted by atomic mass is 35.5. The van der Waals surface area contributed by atoms with Crippen molar-refractivity contribution in [1.82, 2.24) is 14.7 Å². The Kier molecular flexibility index (Phi) is 2.69. The molecule has 0 saturated heterocycles. The van der Waals surface area contributed by atoms with E-state index >= 15 is 0 Å². The number of alkyl halides is 1. The van der Waals surface area contributed by atoms with Gasteiger partial charge in [0.15, 0.2) is 0 Å². The maximum atomic E-state index is 11.5. The Morgan fingerprint density at radius 2 is 2.33 bits per heavy atom. The molecule has 1 aliphatic rings. The van der Waals surface area contributed by atoms with Crippen molar-refractivity contribution in [3.8, 4) is 0 Å². The quantitative estimate of drug-likeness (QED) is 0.668. The molecule has 2 heterocycles. The normalized spacial score (nSPS) is 15.3. The van der Waals surface area contributed by atoms with E-state index < -0.39 is 0 Å². The Morgan fingerprint density at radius 3 is 3.00 bits per heavy atom. The summed E-state index contributed by atoms with van der Waals surface area (Å²) in [6.07, 6.45) is 0.887. The van der Waals surface area contributed by atoms with Gasteiger partial charge in [0.1, 0.15) is 5.88 Å². The van der Waals surface area contributed by atoms with Crippen LogP contribution < -0.4 is 0 Å². The number of hydrogen-bond acceptors (Lipinski definition) is 2. The Hall–Kier alpha value is -1.03. The van der Waals surface area contributed by atoms with Gasteiger partial charge in [0.25, 0.3) is 0 Å². The SMILES string of the molecule is Cc1nn(C)c2c1CCN(C(=O)CCl)C2. The molecule has 0 bridgehead atoms. The van der Waals surface area contributed by atoms with E-state index in [4.69, 9.17) is 11.6 Å². The van der Waals surface area contributed by atoms with Gasteiger partial charge >= 0.3 is 0 Å². The minimum Gasteiger partial charge on any atom is -0.335 e. The zero-order valence-corrected chi connectivity index (χ0v) is 9.71. The van der Waals surface area contributed by atoms with Crippen molar-refractivity contribution < 1.29 is 4.79 Å². The van der Waals surface area contributed by atoms with Gasteiger partial charge in [-0.3, -0.25) is 9.48 Å². The van der Waals surface area contributed by atoms with Gasteiger partial charge in [-0.15, -0.1) is 11.6 Å². The predicted molar refractivity (Wildman–Crippen MR) is 57.8 cm³/mol. The summed E-state index contributed by atoms with van der Waals surface area (Å²) < 4.78 is 1.86. The highest BCUT2D eigenvalue weighted by Gasteiger charge is 2.24. The average Bonchev–Trinajstić information content (AvgIpc) is 2.53. The fourth-order valence-electron chi connectivity index (χ4n) is 2.08. The van der Waals surface area contributed by atoms with Gasteiger partial charge < -0.3 is 4.90 Å². The third kappa shape index (κ3) is 1.74. The minimum absolute atomic E-state index is 0.00108. The van der Waals surface area contributed by atoms with Crippen molar-refractivity contribution in [2.45, 2.75) is 19.9 Å². The van der Waals surface area contributed by atoms with Crippen molar-refractivity contribution in [3.63, 3.8) is 0 Å². The van der Waals surface area contributed by atoms with Gasteiger partial charge in [0.2, 0.25) is 5.91 Å². The Labute approximate surface area is 93.8 Å². The summed E-state index contributed by atoms with van der Waals surface area (Å²) >= 11 is 5.54. The molecule has 0 aromatic carbocycles. The molecule has 1 aliphatic heterocycles. The Morgan fingerprint density at radius 1 is 1.60 bits per heavy atom. The number of amides is 1. The number of carbonyl (C=O) groups is 1. The van der Waals surface area contributed by atoms with Crippen LogP contribution in [0.2, 0.25) is 0 Å². The van der Waals surface area contributed by atoms with E-state index in [2.05, 4.69) is 5.10 Å². The third-order valence-electron chi connectivity index (χ3n) is 2.92. The number of halogens is 1. The highest BCUT2D eigenvalue weighted by Crippen LogP contribution is 2.21. The second-order valence-electron chi connectivity index (χ2n) is 3.83. The molecule has 15 heavy (non-hydrogen) atoms. The molecule has 1 aromatic heterocycles. The van der Waals surface area contributed by atoms with E-state index in [0.717, 1.165) is 24.4 Å². The smallest absolute Gasteiger partial charge is 0.237 e. The van der Waals surface area contributed by atoms with Gasteiger partial charge in [-0.25, -0.2) is 0 Å². The van der Waals surface area contributed by atoms with Crippen molar-refractivity contribution in [3.05, 3.63) is 17.0 Å². The highest BCUT2D eigenvalue weighted by molar-refractivity contribution is 6.27. The van der Waals surface area contributed by atoms with Crippen LogP contribution in [0.3, 0.4) is 0 Å². The fourth-order valence-corrected chi connectivity index (χ4v) is 2.25. The molecule has 0 spiro atoms. The number of aromatic nitrogens is 2. The molecule has 0 aliphatic carbocycles. The van der Waals surface area contributed by atoms with Gasteiger partial charge in [-0.2, -0.15) is 5.10 Å². The molecule has 1 aromatic rings. The number of hydrogen-bond donors (Lipinski definition) is 0. The van der Waals surface area contributed by atoms with Crippen LogP contribution in [-0.4, -0.2) is 33.0 Å². The monoisotopic (exact) mass is 227 g/mol.